The van der Waals surface area contributed by atoms with Gasteiger partial charge < -0.3 is 10.1 Å². The van der Waals surface area contributed by atoms with Crippen LogP contribution in [0.1, 0.15) is 28.8 Å². The lowest BCUT2D eigenvalue weighted by atomic mass is 10.1. The number of carbonyl (C=O) groups excluding carboxylic acids is 1. The molecule has 1 fully saturated rings. The highest BCUT2D eigenvalue weighted by Crippen LogP contribution is 2.12. The van der Waals surface area contributed by atoms with E-state index in [1.54, 1.807) is 12.1 Å². The molecule has 1 aromatic carbocycles. The van der Waals surface area contributed by atoms with E-state index in [0.29, 0.717) is 6.54 Å². The van der Waals surface area contributed by atoms with Crippen molar-refractivity contribution < 1.29 is 13.9 Å². The van der Waals surface area contributed by atoms with Crippen molar-refractivity contribution in [3.8, 4) is 0 Å². The largest absolute Gasteiger partial charge is 0.376 e. The Morgan fingerprint density at radius 2 is 2.41 bits per heavy atom. The fourth-order valence-electron chi connectivity index (χ4n) is 1.92. The summed E-state index contributed by atoms with van der Waals surface area (Å²) in [5.74, 6) is -0.859. The Morgan fingerprint density at radius 1 is 1.59 bits per heavy atom. The number of hydrogen-bond acceptors (Lipinski definition) is 2. The SMILES string of the molecule is Cc1ccc(F)c(C(=O)NCC2CCCO2)c1. The number of amides is 1. The highest BCUT2D eigenvalue weighted by atomic mass is 19.1. The van der Waals surface area contributed by atoms with Gasteiger partial charge in [0.05, 0.1) is 11.7 Å². The van der Waals surface area contributed by atoms with Crippen molar-refractivity contribution in [2.24, 2.45) is 0 Å². The third kappa shape index (κ3) is 3.03. The summed E-state index contributed by atoms with van der Waals surface area (Å²) in [6.07, 6.45) is 2.06. The number of halogens is 1. The van der Waals surface area contributed by atoms with Crippen LogP contribution in [0.25, 0.3) is 0 Å². The normalized spacial score (nSPS) is 19.3. The van der Waals surface area contributed by atoms with Crippen LogP contribution in [0, 0.1) is 12.7 Å². The van der Waals surface area contributed by atoms with Crippen molar-refractivity contribution in [1.29, 1.82) is 0 Å². The van der Waals surface area contributed by atoms with E-state index in [2.05, 4.69) is 5.32 Å². The van der Waals surface area contributed by atoms with Crippen molar-refractivity contribution in [2.75, 3.05) is 13.2 Å². The Balaban J connectivity index is 1.96. The van der Waals surface area contributed by atoms with E-state index in [9.17, 15) is 9.18 Å². The zero-order valence-electron chi connectivity index (χ0n) is 9.83. The first kappa shape index (κ1) is 12.0. The summed E-state index contributed by atoms with van der Waals surface area (Å²) in [6.45, 7) is 3.03. The predicted octanol–water partition coefficient (Wildman–Crippen LogP) is 2.04. The number of hydrogen-bond donors (Lipinski definition) is 1. The molecule has 1 unspecified atom stereocenters. The van der Waals surface area contributed by atoms with Crippen molar-refractivity contribution in [3.63, 3.8) is 0 Å². The van der Waals surface area contributed by atoms with Crippen LogP contribution in [-0.4, -0.2) is 25.2 Å². The van der Waals surface area contributed by atoms with Gasteiger partial charge in [-0.25, -0.2) is 4.39 Å². The van der Waals surface area contributed by atoms with Crippen molar-refractivity contribution >= 4 is 5.91 Å². The standard InChI is InChI=1S/C13H16FNO2/c1-9-4-5-12(14)11(7-9)13(16)15-8-10-3-2-6-17-10/h4-5,7,10H,2-3,6,8H2,1H3,(H,15,16). The molecule has 1 heterocycles. The van der Waals surface area contributed by atoms with Crippen molar-refractivity contribution in [3.05, 3.63) is 35.1 Å². The lowest BCUT2D eigenvalue weighted by Crippen LogP contribution is -2.32. The maximum absolute atomic E-state index is 13.4. The van der Waals surface area contributed by atoms with Gasteiger partial charge in [-0.15, -0.1) is 0 Å². The van der Waals surface area contributed by atoms with Crippen LogP contribution < -0.4 is 5.32 Å². The molecule has 3 nitrogen and oxygen atoms in total. The minimum atomic E-state index is -0.486. The van der Waals surface area contributed by atoms with Gasteiger partial charge in [0.25, 0.3) is 5.91 Å². The van der Waals surface area contributed by atoms with Crippen molar-refractivity contribution in [1.82, 2.24) is 5.32 Å². The van der Waals surface area contributed by atoms with Crippen LogP contribution in [0.15, 0.2) is 18.2 Å². The highest BCUT2D eigenvalue weighted by Gasteiger charge is 2.18. The van der Waals surface area contributed by atoms with Crippen LogP contribution in [0.5, 0.6) is 0 Å². The zero-order valence-corrected chi connectivity index (χ0v) is 9.83. The molecule has 0 bridgehead atoms. The topological polar surface area (TPSA) is 38.3 Å². The van der Waals surface area contributed by atoms with Crippen LogP contribution in [0.3, 0.4) is 0 Å². The van der Waals surface area contributed by atoms with E-state index < -0.39 is 5.82 Å². The smallest absolute Gasteiger partial charge is 0.254 e. The molecule has 17 heavy (non-hydrogen) atoms. The number of aryl methyl sites for hydroxylation is 1. The van der Waals surface area contributed by atoms with E-state index in [-0.39, 0.29) is 17.6 Å². The van der Waals surface area contributed by atoms with Gasteiger partial charge in [-0.3, -0.25) is 4.79 Å². The van der Waals surface area contributed by atoms with Gasteiger partial charge in [0.1, 0.15) is 5.82 Å². The lowest BCUT2D eigenvalue weighted by molar-refractivity contribution is 0.0854. The Morgan fingerprint density at radius 3 is 3.12 bits per heavy atom. The summed E-state index contributed by atoms with van der Waals surface area (Å²) in [6, 6.07) is 4.52. The second-order valence-corrected chi connectivity index (χ2v) is 4.33. The molecule has 4 heteroatoms. The number of nitrogens with one attached hydrogen (secondary N) is 1. The van der Waals surface area contributed by atoms with Crippen LogP contribution >= 0.6 is 0 Å². The minimum Gasteiger partial charge on any atom is -0.376 e. The van der Waals surface area contributed by atoms with E-state index in [1.807, 2.05) is 6.92 Å². The molecule has 92 valence electrons. The molecular formula is C13H16FNO2. The first-order valence-electron chi connectivity index (χ1n) is 5.83. The predicted molar refractivity (Wildman–Crippen MR) is 62.4 cm³/mol. The third-order valence-corrected chi connectivity index (χ3v) is 2.88. The molecule has 0 radical (unpaired) electrons. The quantitative estimate of drug-likeness (QED) is 0.873. The molecule has 0 saturated carbocycles. The van der Waals surface area contributed by atoms with Crippen LogP contribution in [0.4, 0.5) is 4.39 Å². The third-order valence-electron chi connectivity index (χ3n) is 2.88. The molecule has 1 atom stereocenters. The summed E-state index contributed by atoms with van der Waals surface area (Å²) >= 11 is 0. The first-order valence-corrected chi connectivity index (χ1v) is 5.83. The Kier molecular flexibility index (Phi) is 3.74. The maximum atomic E-state index is 13.4. The van der Waals surface area contributed by atoms with Crippen molar-refractivity contribution in [2.45, 2.75) is 25.9 Å². The van der Waals surface area contributed by atoms with E-state index >= 15 is 0 Å². The number of rotatable bonds is 3. The molecule has 1 aromatic rings. The minimum absolute atomic E-state index is 0.0758. The molecule has 1 aliphatic heterocycles. The second-order valence-electron chi connectivity index (χ2n) is 4.33. The van der Waals surface area contributed by atoms with Gasteiger partial charge in [0.15, 0.2) is 0 Å². The number of ether oxygens (including phenoxy) is 1. The average molecular weight is 237 g/mol. The molecule has 2 rings (SSSR count). The molecule has 0 aromatic heterocycles. The first-order chi connectivity index (χ1) is 8.16. The van der Waals surface area contributed by atoms with E-state index in [1.165, 1.54) is 6.07 Å². The summed E-state index contributed by atoms with van der Waals surface area (Å²) < 4.78 is 18.8. The van der Waals surface area contributed by atoms with Gasteiger partial charge in [-0.05, 0) is 31.9 Å². The highest BCUT2D eigenvalue weighted by molar-refractivity contribution is 5.94. The zero-order chi connectivity index (χ0) is 12.3. The Bertz CT molecular complexity index is 414. The van der Waals surface area contributed by atoms with Crippen LogP contribution in [-0.2, 0) is 4.74 Å². The molecule has 1 saturated heterocycles. The maximum Gasteiger partial charge on any atom is 0.254 e. The molecule has 0 spiro atoms. The Hall–Kier alpha value is -1.42. The van der Waals surface area contributed by atoms with Gasteiger partial charge in [0.2, 0.25) is 0 Å². The van der Waals surface area contributed by atoms with Gasteiger partial charge in [-0.2, -0.15) is 0 Å². The molecule has 1 N–H and O–H groups in total. The molecule has 1 amide bonds. The summed E-state index contributed by atoms with van der Waals surface area (Å²) in [5, 5.41) is 2.70. The summed E-state index contributed by atoms with van der Waals surface area (Å²) in [5.41, 5.74) is 0.969. The monoisotopic (exact) mass is 237 g/mol. The molecule has 0 aliphatic carbocycles. The van der Waals surface area contributed by atoms with E-state index in [0.717, 1.165) is 25.0 Å². The fraction of sp³-hybridized carbons (Fsp3) is 0.462. The number of carbonyl (C=O) groups is 1. The average Bonchev–Trinajstić information content (AvgIpc) is 2.82. The van der Waals surface area contributed by atoms with E-state index in [4.69, 9.17) is 4.74 Å². The Labute approximate surface area is 100.0 Å². The lowest BCUT2D eigenvalue weighted by Gasteiger charge is -2.11. The second kappa shape index (κ2) is 5.27. The number of benzene rings is 1. The van der Waals surface area contributed by atoms with Gasteiger partial charge in [-0.1, -0.05) is 11.6 Å². The van der Waals surface area contributed by atoms with Gasteiger partial charge in [0, 0.05) is 13.2 Å². The van der Waals surface area contributed by atoms with Crippen LogP contribution in [0.2, 0.25) is 0 Å². The fourth-order valence-corrected chi connectivity index (χ4v) is 1.92. The molecular weight excluding hydrogens is 221 g/mol. The van der Waals surface area contributed by atoms with Gasteiger partial charge >= 0.3 is 0 Å². The molecule has 1 aliphatic rings. The summed E-state index contributed by atoms with van der Waals surface area (Å²) in [7, 11) is 0. The summed E-state index contributed by atoms with van der Waals surface area (Å²) in [4.78, 5) is 11.8.